The van der Waals surface area contributed by atoms with Crippen molar-refractivity contribution in [1.29, 1.82) is 0 Å². The predicted octanol–water partition coefficient (Wildman–Crippen LogP) is 4.91. The lowest BCUT2D eigenvalue weighted by Gasteiger charge is -2.39. The molecule has 3 heterocycles. The Balaban J connectivity index is 1.76. The van der Waals surface area contributed by atoms with Gasteiger partial charge in [-0.15, -0.1) is 0 Å². The second-order valence-corrected chi connectivity index (χ2v) is 8.77. The van der Waals surface area contributed by atoms with Crippen LogP contribution in [0.15, 0.2) is 66.1 Å². The van der Waals surface area contributed by atoms with Crippen LogP contribution in [0.3, 0.4) is 0 Å². The molecule has 1 aliphatic heterocycles. The molecule has 1 unspecified atom stereocenters. The van der Waals surface area contributed by atoms with Crippen molar-refractivity contribution in [3.05, 3.63) is 77.4 Å². The summed E-state index contributed by atoms with van der Waals surface area (Å²) in [4.78, 5) is 17.6. The summed E-state index contributed by atoms with van der Waals surface area (Å²) in [6.45, 7) is 6.34. The standard InChI is InChI=1S/C24H24N4O/c1-15-20(16-8-5-4-6-9-16)23-26-18-12-24(2,3)13-19(29)21(18)22(28(23)27-15)17-10-7-11-25-14-17/h4-11,14,22,26H,12-13H2,1-3H3. The van der Waals surface area contributed by atoms with Crippen molar-refractivity contribution in [2.24, 2.45) is 5.41 Å². The number of allylic oxidation sites excluding steroid dienone is 2. The van der Waals surface area contributed by atoms with Gasteiger partial charge in [-0.2, -0.15) is 5.10 Å². The van der Waals surface area contributed by atoms with E-state index >= 15 is 0 Å². The van der Waals surface area contributed by atoms with E-state index in [4.69, 9.17) is 5.10 Å². The zero-order valence-electron chi connectivity index (χ0n) is 16.9. The average molecular weight is 384 g/mol. The van der Waals surface area contributed by atoms with Crippen molar-refractivity contribution in [3.63, 3.8) is 0 Å². The summed E-state index contributed by atoms with van der Waals surface area (Å²) in [5.74, 6) is 1.14. The zero-order chi connectivity index (χ0) is 20.2. The highest BCUT2D eigenvalue weighted by Gasteiger charge is 2.42. The van der Waals surface area contributed by atoms with Crippen molar-refractivity contribution >= 4 is 11.6 Å². The van der Waals surface area contributed by atoms with Crippen LogP contribution in [0.1, 0.15) is 44.0 Å². The average Bonchev–Trinajstić information content (AvgIpc) is 3.02. The molecule has 0 amide bonds. The molecule has 0 fully saturated rings. The smallest absolute Gasteiger partial charge is 0.163 e. The largest absolute Gasteiger partial charge is 0.343 e. The summed E-state index contributed by atoms with van der Waals surface area (Å²) in [5.41, 5.74) is 5.91. The van der Waals surface area contributed by atoms with E-state index in [1.54, 1.807) is 6.20 Å². The molecule has 3 aromatic rings. The SMILES string of the molecule is Cc1nn2c(c1-c1ccccc1)NC1=C(C(=O)CC(C)(C)C1)C2c1cccnc1. The molecule has 0 saturated carbocycles. The van der Waals surface area contributed by atoms with Gasteiger partial charge in [-0.05, 0) is 36.0 Å². The van der Waals surface area contributed by atoms with Gasteiger partial charge in [0.05, 0.1) is 5.69 Å². The Morgan fingerprint density at radius 3 is 2.62 bits per heavy atom. The Hall–Kier alpha value is -3.21. The maximum atomic E-state index is 13.2. The van der Waals surface area contributed by atoms with Crippen molar-refractivity contribution < 1.29 is 4.79 Å². The fourth-order valence-corrected chi connectivity index (χ4v) is 4.68. The second kappa shape index (κ2) is 6.41. The van der Waals surface area contributed by atoms with Crippen molar-refractivity contribution in [2.75, 3.05) is 5.32 Å². The van der Waals surface area contributed by atoms with E-state index in [0.29, 0.717) is 6.42 Å². The molecular formula is C24H24N4O. The van der Waals surface area contributed by atoms with Gasteiger partial charge in [0.1, 0.15) is 11.9 Å². The molecular weight excluding hydrogens is 360 g/mol. The number of hydrogen-bond donors (Lipinski definition) is 1. The summed E-state index contributed by atoms with van der Waals surface area (Å²) in [6.07, 6.45) is 4.99. The molecule has 2 aromatic heterocycles. The first-order chi connectivity index (χ1) is 13.9. The van der Waals surface area contributed by atoms with Crippen LogP contribution in [-0.2, 0) is 4.79 Å². The van der Waals surface area contributed by atoms with Gasteiger partial charge >= 0.3 is 0 Å². The number of fused-ring (bicyclic) bond motifs is 1. The predicted molar refractivity (Wildman–Crippen MR) is 113 cm³/mol. The topological polar surface area (TPSA) is 59.8 Å². The molecule has 146 valence electrons. The van der Waals surface area contributed by atoms with E-state index in [1.807, 2.05) is 48.1 Å². The third-order valence-electron chi connectivity index (χ3n) is 5.86. The number of carbonyl (C=O) groups is 1. The molecule has 0 saturated heterocycles. The Kier molecular flexibility index (Phi) is 3.95. The molecule has 29 heavy (non-hydrogen) atoms. The van der Waals surface area contributed by atoms with E-state index in [-0.39, 0.29) is 17.2 Å². The highest BCUT2D eigenvalue weighted by molar-refractivity contribution is 6.00. The summed E-state index contributed by atoms with van der Waals surface area (Å²) < 4.78 is 1.98. The number of benzene rings is 1. The highest BCUT2D eigenvalue weighted by Crippen LogP contribution is 2.48. The lowest BCUT2D eigenvalue weighted by atomic mass is 9.73. The minimum Gasteiger partial charge on any atom is -0.343 e. The molecule has 5 nitrogen and oxygen atoms in total. The van der Waals surface area contributed by atoms with Gasteiger partial charge in [0.2, 0.25) is 0 Å². The van der Waals surface area contributed by atoms with Crippen molar-refractivity contribution in [1.82, 2.24) is 14.8 Å². The fraction of sp³-hybridized carbons (Fsp3) is 0.292. The minimum atomic E-state index is -0.255. The molecule has 1 atom stereocenters. The number of ketones is 1. The number of aromatic nitrogens is 3. The Labute approximate surface area is 170 Å². The van der Waals surface area contributed by atoms with Gasteiger partial charge in [-0.3, -0.25) is 9.78 Å². The van der Waals surface area contributed by atoms with E-state index in [0.717, 1.165) is 45.9 Å². The Morgan fingerprint density at radius 2 is 1.90 bits per heavy atom. The van der Waals surface area contributed by atoms with Crippen molar-refractivity contribution in [2.45, 2.75) is 39.7 Å². The molecule has 1 N–H and O–H groups in total. The molecule has 0 bridgehead atoms. The zero-order valence-corrected chi connectivity index (χ0v) is 16.9. The number of nitrogens with one attached hydrogen (secondary N) is 1. The molecule has 0 spiro atoms. The van der Waals surface area contributed by atoms with Crippen LogP contribution in [0.4, 0.5) is 5.82 Å². The van der Waals surface area contributed by atoms with Crippen LogP contribution < -0.4 is 5.32 Å². The van der Waals surface area contributed by atoms with E-state index in [1.165, 1.54) is 0 Å². The lowest BCUT2D eigenvalue weighted by Crippen LogP contribution is -2.36. The third-order valence-corrected chi connectivity index (χ3v) is 5.86. The number of anilines is 1. The van der Waals surface area contributed by atoms with Gasteiger partial charge in [-0.1, -0.05) is 50.2 Å². The number of hydrogen-bond acceptors (Lipinski definition) is 4. The first kappa shape index (κ1) is 17.9. The van der Waals surface area contributed by atoms with E-state index in [9.17, 15) is 4.79 Å². The van der Waals surface area contributed by atoms with Gasteiger partial charge < -0.3 is 5.32 Å². The maximum Gasteiger partial charge on any atom is 0.163 e. The van der Waals surface area contributed by atoms with E-state index < -0.39 is 0 Å². The highest BCUT2D eigenvalue weighted by atomic mass is 16.1. The van der Waals surface area contributed by atoms with Crippen LogP contribution in [0.5, 0.6) is 0 Å². The van der Waals surface area contributed by atoms with Crippen LogP contribution in [-0.4, -0.2) is 20.5 Å². The van der Waals surface area contributed by atoms with E-state index in [2.05, 4.69) is 36.3 Å². The molecule has 2 aliphatic rings. The van der Waals surface area contributed by atoms with Crippen LogP contribution >= 0.6 is 0 Å². The minimum absolute atomic E-state index is 0.0629. The quantitative estimate of drug-likeness (QED) is 0.682. The number of nitrogens with zero attached hydrogens (tertiary/aromatic N) is 3. The Morgan fingerprint density at radius 1 is 1.10 bits per heavy atom. The summed E-state index contributed by atoms with van der Waals surface area (Å²) >= 11 is 0. The normalized spacial score (nSPS) is 20.1. The van der Waals surface area contributed by atoms with Crippen LogP contribution in [0, 0.1) is 12.3 Å². The fourth-order valence-electron chi connectivity index (χ4n) is 4.68. The van der Waals surface area contributed by atoms with Gasteiger partial charge in [0.25, 0.3) is 0 Å². The third kappa shape index (κ3) is 2.89. The number of pyridine rings is 1. The molecule has 0 radical (unpaired) electrons. The van der Waals surface area contributed by atoms with Crippen molar-refractivity contribution in [3.8, 4) is 11.1 Å². The number of Topliss-reactive ketones (excluding diaryl/α,β-unsaturated/α-hetero) is 1. The number of rotatable bonds is 2. The monoisotopic (exact) mass is 384 g/mol. The molecule has 1 aliphatic carbocycles. The number of aryl methyl sites for hydroxylation is 1. The van der Waals surface area contributed by atoms with Gasteiger partial charge in [0, 0.05) is 35.6 Å². The number of carbonyl (C=O) groups excluding carboxylic acids is 1. The lowest BCUT2D eigenvalue weighted by molar-refractivity contribution is -0.118. The van der Waals surface area contributed by atoms with Gasteiger partial charge in [0.15, 0.2) is 5.78 Å². The first-order valence-electron chi connectivity index (χ1n) is 10.0. The van der Waals surface area contributed by atoms with Crippen LogP contribution in [0.25, 0.3) is 11.1 Å². The second-order valence-electron chi connectivity index (χ2n) is 8.77. The van der Waals surface area contributed by atoms with Crippen LogP contribution in [0.2, 0.25) is 0 Å². The maximum absolute atomic E-state index is 13.2. The Bertz CT molecular complexity index is 1130. The molecule has 1 aromatic carbocycles. The first-order valence-corrected chi connectivity index (χ1v) is 10.0. The van der Waals surface area contributed by atoms with Gasteiger partial charge in [-0.25, -0.2) is 4.68 Å². The summed E-state index contributed by atoms with van der Waals surface area (Å²) in [5, 5.41) is 8.50. The molecule has 5 rings (SSSR count). The summed E-state index contributed by atoms with van der Waals surface area (Å²) in [7, 11) is 0. The molecule has 5 heteroatoms. The summed E-state index contributed by atoms with van der Waals surface area (Å²) in [6, 6.07) is 14.0.